The second-order valence-electron chi connectivity index (χ2n) is 7.69. The zero-order valence-corrected chi connectivity index (χ0v) is 23.1. The van der Waals surface area contributed by atoms with Crippen LogP contribution in [0.1, 0.15) is 0 Å². The van der Waals surface area contributed by atoms with Crippen LogP contribution >= 0.6 is 50.9 Å². The van der Waals surface area contributed by atoms with Gasteiger partial charge in [-0.1, -0.05) is 0 Å². The molecule has 0 radical (unpaired) electrons. The number of nitrogens with one attached hydrogen (secondary N) is 2. The van der Waals surface area contributed by atoms with Crippen molar-refractivity contribution in [3.8, 4) is 17.0 Å². The first-order valence-electron chi connectivity index (χ1n) is 10.3. The first kappa shape index (κ1) is 26.8. The molecule has 2 aliphatic rings. The molecule has 3 N–H and O–H groups in total. The van der Waals surface area contributed by atoms with Gasteiger partial charge in [0.2, 0.25) is 5.95 Å². The topological polar surface area (TPSA) is 81.5 Å². The monoisotopic (exact) mass is 633 g/mol. The van der Waals surface area contributed by atoms with Gasteiger partial charge in [0.05, 0.1) is 11.1 Å². The van der Waals surface area contributed by atoms with E-state index in [1.165, 1.54) is 0 Å². The molecule has 0 bridgehead atoms. The summed E-state index contributed by atoms with van der Waals surface area (Å²) in [5, 5.41) is 17.6. The minimum atomic E-state index is 0. The van der Waals surface area contributed by atoms with Gasteiger partial charge < -0.3 is 30.1 Å². The number of hydrogen-bond acceptors (Lipinski definition) is 7. The number of anilines is 2. The van der Waals surface area contributed by atoms with E-state index in [1.807, 2.05) is 12.1 Å². The maximum absolute atomic E-state index is 9.66. The third kappa shape index (κ3) is 5.22. The Balaban J connectivity index is 0.00000121. The highest BCUT2D eigenvalue weighted by molar-refractivity contribution is 8.93. The van der Waals surface area contributed by atoms with Crippen LogP contribution < -0.4 is 20.4 Å². The molecule has 0 atom stereocenters. The third-order valence-electron chi connectivity index (χ3n) is 5.83. The number of phenols is 1. The van der Waals surface area contributed by atoms with Gasteiger partial charge in [-0.05, 0) is 35.9 Å². The lowest BCUT2D eigenvalue weighted by molar-refractivity contribution is 0.475. The van der Waals surface area contributed by atoms with Crippen molar-refractivity contribution in [2.75, 3.05) is 62.2 Å². The summed E-state index contributed by atoms with van der Waals surface area (Å²) in [5.41, 5.74) is 3.08. The maximum atomic E-state index is 9.66. The molecule has 0 aliphatic carbocycles. The van der Waals surface area contributed by atoms with Crippen LogP contribution in [-0.4, -0.2) is 72.0 Å². The van der Waals surface area contributed by atoms with Gasteiger partial charge in [0, 0.05) is 59.4 Å². The van der Waals surface area contributed by atoms with E-state index in [9.17, 15) is 5.11 Å². The minimum Gasteiger partial charge on any atom is -0.508 e. The molecule has 1 aromatic carbocycles. The Morgan fingerprint density at radius 1 is 0.812 bits per heavy atom. The largest absolute Gasteiger partial charge is 0.508 e. The highest BCUT2D eigenvalue weighted by Crippen LogP contribution is 2.33. The van der Waals surface area contributed by atoms with E-state index in [1.54, 1.807) is 12.1 Å². The SMILES string of the molecule is Br.Br.Br.Cn1c(-c2ccc(O)cc2)cc2c(N3CCNCC3)nc(N3CCNCC3)nc21. The average molecular weight is 636 g/mol. The Labute approximate surface area is 219 Å². The van der Waals surface area contributed by atoms with E-state index in [-0.39, 0.29) is 56.7 Å². The van der Waals surface area contributed by atoms with E-state index in [0.29, 0.717) is 0 Å². The zero-order chi connectivity index (χ0) is 19.8. The summed E-state index contributed by atoms with van der Waals surface area (Å²) >= 11 is 0. The molecular weight excluding hydrogens is 606 g/mol. The number of aryl methyl sites for hydroxylation is 1. The van der Waals surface area contributed by atoms with Crippen LogP contribution in [0, 0.1) is 0 Å². The van der Waals surface area contributed by atoms with Crippen molar-refractivity contribution in [2.45, 2.75) is 0 Å². The molecule has 8 nitrogen and oxygen atoms in total. The van der Waals surface area contributed by atoms with Gasteiger partial charge in [0.1, 0.15) is 17.2 Å². The van der Waals surface area contributed by atoms with Crippen LogP contribution in [-0.2, 0) is 7.05 Å². The van der Waals surface area contributed by atoms with Crippen molar-refractivity contribution >= 4 is 73.7 Å². The van der Waals surface area contributed by atoms with Crippen molar-refractivity contribution < 1.29 is 5.11 Å². The fraction of sp³-hybridized carbons (Fsp3) is 0.429. The van der Waals surface area contributed by atoms with Crippen molar-refractivity contribution in [3.05, 3.63) is 30.3 Å². The summed E-state index contributed by atoms with van der Waals surface area (Å²) in [6, 6.07) is 9.52. The van der Waals surface area contributed by atoms with Crippen LogP contribution in [0.2, 0.25) is 0 Å². The van der Waals surface area contributed by atoms with Gasteiger partial charge in [0.25, 0.3) is 0 Å². The normalized spacial score (nSPS) is 16.2. The summed E-state index contributed by atoms with van der Waals surface area (Å²) in [4.78, 5) is 14.7. The molecular formula is C21H30Br3N7O. The molecule has 5 rings (SSSR count). The summed E-state index contributed by atoms with van der Waals surface area (Å²) in [5.74, 6) is 2.10. The van der Waals surface area contributed by atoms with Crippen molar-refractivity contribution in [3.63, 3.8) is 0 Å². The Morgan fingerprint density at radius 3 is 1.97 bits per heavy atom. The van der Waals surface area contributed by atoms with Crippen molar-refractivity contribution in [1.82, 2.24) is 25.2 Å². The molecule has 32 heavy (non-hydrogen) atoms. The van der Waals surface area contributed by atoms with Gasteiger partial charge in [-0.25, -0.2) is 0 Å². The van der Waals surface area contributed by atoms with Crippen LogP contribution in [0.15, 0.2) is 30.3 Å². The van der Waals surface area contributed by atoms with Crippen LogP contribution in [0.5, 0.6) is 5.75 Å². The van der Waals surface area contributed by atoms with E-state index in [2.05, 4.69) is 38.1 Å². The highest BCUT2D eigenvalue weighted by Gasteiger charge is 2.23. The first-order chi connectivity index (χ1) is 14.2. The van der Waals surface area contributed by atoms with E-state index < -0.39 is 0 Å². The molecule has 2 aliphatic heterocycles. The lowest BCUT2D eigenvalue weighted by Crippen LogP contribution is -2.45. The number of aromatic hydroxyl groups is 1. The van der Waals surface area contributed by atoms with E-state index >= 15 is 0 Å². The second kappa shape index (κ2) is 11.6. The molecule has 0 amide bonds. The molecule has 4 heterocycles. The number of rotatable bonds is 3. The second-order valence-corrected chi connectivity index (χ2v) is 7.69. The van der Waals surface area contributed by atoms with Gasteiger partial charge in [-0.3, -0.25) is 0 Å². The van der Waals surface area contributed by atoms with Crippen molar-refractivity contribution in [2.24, 2.45) is 7.05 Å². The predicted octanol–water partition coefficient (Wildman–Crippen LogP) is 2.89. The number of fused-ring (bicyclic) bond motifs is 1. The smallest absolute Gasteiger partial charge is 0.229 e. The van der Waals surface area contributed by atoms with Crippen LogP contribution in [0.25, 0.3) is 22.3 Å². The van der Waals surface area contributed by atoms with Crippen molar-refractivity contribution in [1.29, 1.82) is 0 Å². The average Bonchev–Trinajstić information content (AvgIpc) is 3.11. The zero-order valence-electron chi connectivity index (χ0n) is 18.0. The molecule has 2 saturated heterocycles. The molecule has 11 heteroatoms. The summed E-state index contributed by atoms with van der Waals surface area (Å²) in [6.07, 6.45) is 0. The lowest BCUT2D eigenvalue weighted by Gasteiger charge is -2.31. The van der Waals surface area contributed by atoms with E-state index in [4.69, 9.17) is 9.97 Å². The molecule has 0 saturated carbocycles. The Bertz CT molecular complexity index is 1020. The van der Waals surface area contributed by atoms with Gasteiger partial charge >= 0.3 is 0 Å². The van der Waals surface area contributed by atoms with Gasteiger partial charge in [-0.15, -0.1) is 50.9 Å². The number of piperazine rings is 2. The number of halogens is 3. The Hall–Kier alpha value is -1.40. The number of hydrogen-bond donors (Lipinski definition) is 3. The molecule has 0 spiro atoms. The van der Waals surface area contributed by atoms with E-state index in [0.717, 1.165) is 86.4 Å². The number of phenolic OH excluding ortho intramolecular Hbond substituents is 1. The summed E-state index contributed by atoms with van der Waals surface area (Å²) < 4.78 is 2.14. The Kier molecular flexibility index (Phi) is 9.77. The summed E-state index contributed by atoms with van der Waals surface area (Å²) in [6.45, 7) is 7.56. The maximum Gasteiger partial charge on any atom is 0.229 e. The fourth-order valence-corrected chi connectivity index (χ4v) is 4.20. The number of nitrogens with zero attached hydrogens (tertiary/aromatic N) is 5. The standard InChI is InChI=1S/C21H27N7O.3BrH/c1-26-18(15-2-4-16(29)5-3-15)14-17-19(26)24-21(28-12-8-23-9-13-28)25-20(17)27-10-6-22-7-11-27;;;/h2-5,14,22-23,29H,6-13H2,1H3;3*1H. The molecule has 176 valence electrons. The highest BCUT2D eigenvalue weighted by atomic mass is 79.9. The lowest BCUT2D eigenvalue weighted by atomic mass is 10.1. The number of aromatic nitrogens is 3. The molecule has 2 aromatic heterocycles. The predicted molar refractivity (Wildman–Crippen MR) is 147 cm³/mol. The Morgan fingerprint density at radius 2 is 1.38 bits per heavy atom. The quantitative estimate of drug-likeness (QED) is 0.409. The number of benzene rings is 1. The fourth-order valence-electron chi connectivity index (χ4n) is 4.20. The van der Waals surface area contributed by atoms with Gasteiger partial charge in [0.15, 0.2) is 0 Å². The minimum absolute atomic E-state index is 0. The molecule has 3 aromatic rings. The van der Waals surface area contributed by atoms with Crippen LogP contribution in [0.4, 0.5) is 11.8 Å². The van der Waals surface area contributed by atoms with Crippen LogP contribution in [0.3, 0.4) is 0 Å². The van der Waals surface area contributed by atoms with Gasteiger partial charge in [-0.2, -0.15) is 9.97 Å². The molecule has 0 unspecified atom stereocenters. The molecule has 2 fully saturated rings. The third-order valence-corrected chi connectivity index (χ3v) is 5.83. The summed E-state index contributed by atoms with van der Waals surface area (Å²) in [7, 11) is 2.06. The first-order valence-corrected chi connectivity index (χ1v) is 10.3.